The molecule has 2 aromatic rings. The highest BCUT2D eigenvalue weighted by Gasteiger charge is 2.16. The van der Waals surface area contributed by atoms with Crippen LogP contribution in [0.3, 0.4) is 0 Å². The van der Waals surface area contributed by atoms with Gasteiger partial charge in [0, 0.05) is 17.0 Å². The van der Waals surface area contributed by atoms with Crippen molar-refractivity contribution in [3.63, 3.8) is 0 Å². The summed E-state index contributed by atoms with van der Waals surface area (Å²) in [5.74, 6) is -3.89. The first-order valence-corrected chi connectivity index (χ1v) is 6.72. The lowest BCUT2D eigenvalue weighted by atomic mass is 10.2. The Morgan fingerprint density at radius 3 is 2.37 bits per heavy atom. The molecular weight excluding hydrogens is 273 g/mol. The van der Waals surface area contributed by atoms with E-state index in [1.807, 2.05) is 6.92 Å². The average Bonchev–Trinajstić information content (AvgIpc) is 2.79. The maximum Gasteiger partial charge on any atom is 0.194 e. The predicted octanol–water partition coefficient (Wildman–Crippen LogP) is 3.64. The van der Waals surface area contributed by atoms with E-state index in [2.05, 4.69) is 4.98 Å². The van der Waals surface area contributed by atoms with Crippen LogP contribution in [0.5, 0.6) is 0 Å². The van der Waals surface area contributed by atoms with Crippen LogP contribution in [-0.4, -0.2) is 4.98 Å². The number of hydrogen-bond acceptors (Lipinski definition) is 3. The summed E-state index contributed by atoms with van der Waals surface area (Å²) in [5, 5.41) is 0.460. The highest BCUT2D eigenvalue weighted by Crippen LogP contribution is 2.30. The van der Waals surface area contributed by atoms with E-state index in [0.29, 0.717) is 11.6 Å². The largest absolute Gasteiger partial charge is 0.326 e. The van der Waals surface area contributed by atoms with E-state index < -0.39 is 17.5 Å². The SMILES string of the molecule is CCCc1nc(-c2cc(F)c(F)c(F)c2)sc1CN. The summed E-state index contributed by atoms with van der Waals surface area (Å²) < 4.78 is 39.3. The van der Waals surface area contributed by atoms with E-state index in [1.54, 1.807) is 0 Å². The molecule has 0 radical (unpaired) electrons. The Labute approximate surface area is 113 Å². The summed E-state index contributed by atoms with van der Waals surface area (Å²) in [4.78, 5) is 5.23. The van der Waals surface area contributed by atoms with Crippen molar-refractivity contribution in [1.82, 2.24) is 4.98 Å². The van der Waals surface area contributed by atoms with Crippen LogP contribution < -0.4 is 5.73 Å². The molecule has 0 unspecified atom stereocenters. The summed E-state index contributed by atoms with van der Waals surface area (Å²) in [7, 11) is 0. The third-order valence-corrected chi connectivity index (χ3v) is 3.85. The molecule has 0 saturated heterocycles. The molecule has 0 spiro atoms. The van der Waals surface area contributed by atoms with Gasteiger partial charge >= 0.3 is 0 Å². The molecule has 0 aliphatic rings. The van der Waals surface area contributed by atoms with Gasteiger partial charge in [-0.05, 0) is 18.6 Å². The molecule has 0 aliphatic heterocycles. The summed E-state index contributed by atoms with van der Waals surface area (Å²) >= 11 is 1.28. The molecular formula is C13H13F3N2S. The number of rotatable bonds is 4. The van der Waals surface area contributed by atoms with Gasteiger partial charge in [-0.3, -0.25) is 0 Å². The van der Waals surface area contributed by atoms with E-state index >= 15 is 0 Å². The molecule has 1 aromatic heterocycles. The van der Waals surface area contributed by atoms with Crippen molar-refractivity contribution in [3.8, 4) is 10.6 Å². The Kier molecular flexibility index (Phi) is 4.21. The van der Waals surface area contributed by atoms with E-state index in [4.69, 9.17) is 5.73 Å². The monoisotopic (exact) mass is 286 g/mol. The highest BCUT2D eigenvalue weighted by atomic mass is 32.1. The van der Waals surface area contributed by atoms with Gasteiger partial charge in [0.25, 0.3) is 0 Å². The van der Waals surface area contributed by atoms with Crippen molar-refractivity contribution in [2.45, 2.75) is 26.3 Å². The van der Waals surface area contributed by atoms with Gasteiger partial charge in [-0.15, -0.1) is 11.3 Å². The summed E-state index contributed by atoms with van der Waals surface area (Å²) in [6.45, 7) is 2.34. The number of hydrogen-bond donors (Lipinski definition) is 1. The molecule has 1 aromatic carbocycles. The van der Waals surface area contributed by atoms with Crippen molar-refractivity contribution < 1.29 is 13.2 Å². The third kappa shape index (κ3) is 2.79. The fraction of sp³-hybridized carbons (Fsp3) is 0.308. The summed E-state index contributed by atoms with van der Waals surface area (Å²) in [6, 6.07) is 1.90. The van der Waals surface area contributed by atoms with Gasteiger partial charge in [-0.1, -0.05) is 13.3 Å². The molecule has 0 atom stereocenters. The highest BCUT2D eigenvalue weighted by molar-refractivity contribution is 7.15. The van der Waals surface area contributed by atoms with Crippen LogP contribution in [0.1, 0.15) is 23.9 Å². The molecule has 0 amide bonds. The second-order valence-corrected chi connectivity index (χ2v) is 5.18. The standard InChI is InChI=1S/C13H13F3N2S/c1-2-3-10-11(6-17)19-13(18-10)7-4-8(14)12(16)9(15)5-7/h4-5H,2-3,6,17H2,1H3. The minimum Gasteiger partial charge on any atom is -0.326 e. The number of nitrogens with zero attached hydrogens (tertiary/aromatic N) is 1. The number of halogens is 3. The van der Waals surface area contributed by atoms with Gasteiger partial charge in [-0.2, -0.15) is 0 Å². The fourth-order valence-electron chi connectivity index (χ4n) is 1.78. The number of thiazole rings is 1. The molecule has 19 heavy (non-hydrogen) atoms. The van der Waals surface area contributed by atoms with Crippen LogP contribution in [0.2, 0.25) is 0 Å². The lowest BCUT2D eigenvalue weighted by molar-refractivity contribution is 0.447. The van der Waals surface area contributed by atoms with Crippen molar-refractivity contribution in [2.24, 2.45) is 5.73 Å². The maximum absolute atomic E-state index is 13.2. The molecule has 2 rings (SSSR count). The third-order valence-electron chi connectivity index (χ3n) is 2.68. The Bertz CT molecular complexity index is 573. The van der Waals surface area contributed by atoms with Gasteiger partial charge in [0.05, 0.1) is 5.69 Å². The molecule has 102 valence electrons. The van der Waals surface area contributed by atoms with Crippen molar-refractivity contribution >= 4 is 11.3 Å². The second-order valence-electron chi connectivity index (χ2n) is 4.10. The van der Waals surface area contributed by atoms with Gasteiger partial charge in [-0.25, -0.2) is 18.2 Å². The first-order chi connectivity index (χ1) is 9.06. The first kappa shape index (κ1) is 14.0. The summed E-state index contributed by atoms with van der Waals surface area (Å²) in [6.07, 6.45) is 1.66. The van der Waals surface area contributed by atoms with Crippen LogP contribution in [0.15, 0.2) is 12.1 Å². The number of aryl methyl sites for hydroxylation is 1. The van der Waals surface area contributed by atoms with Crippen LogP contribution in [-0.2, 0) is 13.0 Å². The van der Waals surface area contributed by atoms with Crippen molar-refractivity contribution in [2.75, 3.05) is 0 Å². The van der Waals surface area contributed by atoms with Crippen LogP contribution in [0.25, 0.3) is 10.6 Å². The normalized spacial score (nSPS) is 11.0. The van der Waals surface area contributed by atoms with Gasteiger partial charge in [0.2, 0.25) is 0 Å². The topological polar surface area (TPSA) is 38.9 Å². The minimum atomic E-state index is -1.46. The van der Waals surface area contributed by atoms with Crippen LogP contribution in [0.4, 0.5) is 13.2 Å². The zero-order valence-electron chi connectivity index (χ0n) is 10.3. The van der Waals surface area contributed by atoms with E-state index in [-0.39, 0.29) is 5.56 Å². The van der Waals surface area contributed by atoms with Crippen LogP contribution in [0, 0.1) is 17.5 Å². The Hall–Kier alpha value is -1.40. The number of nitrogens with two attached hydrogens (primary N) is 1. The quantitative estimate of drug-likeness (QED) is 0.872. The number of benzene rings is 1. The van der Waals surface area contributed by atoms with E-state index in [1.165, 1.54) is 11.3 Å². The fourth-order valence-corrected chi connectivity index (χ4v) is 2.75. The molecule has 6 heteroatoms. The lowest BCUT2D eigenvalue weighted by Gasteiger charge is -1.99. The smallest absolute Gasteiger partial charge is 0.194 e. The first-order valence-electron chi connectivity index (χ1n) is 5.90. The zero-order chi connectivity index (χ0) is 14.0. The molecule has 0 aliphatic carbocycles. The maximum atomic E-state index is 13.2. The average molecular weight is 286 g/mol. The Balaban J connectivity index is 2.47. The molecule has 0 bridgehead atoms. The van der Waals surface area contributed by atoms with Crippen LogP contribution >= 0.6 is 11.3 Å². The molecule has 0 fully saturated rings. The van der Waals surface area contributed by atoms with Gasteiger partial charge < -0.3 is 5.73 Å². The Morgan fingerprint density at radius 2 is 1.84 bits per heavy atom. The van der Waals surface area contributed by atoms with Gasteiger partial charge in [0.1, 0.15) is 5.01 Å². The molecule has 2 nitrogen and oxygen atoms in total. The predicted molar refractivity (Wildman–Crippen MR) is 69.3 cm³/mol. The Morgan fingerprint density at radius 1 is 1.21 bits per heavy atom. The zero-order valence-corrected chi connectivity index (χ0v) is 11.2. The van der Waals surface area contributed by atoms with Crippen molar-refractivity contribution in [1.29, 1.82) is 0 Å². The molecule has 2 N–H and O–H groups in total. The van der Waals surface area contributed by atoms with Crippen molar-refractivity contribution in [3.05, 3.63) is 40.2 Å². The second kappa shape index (κ2) is 5.71. The van der Waals surface area contributed by atoms with Gasteiger partial charge in [0.15, 0.2) is 17.5 Å². The van der Waals surface area contributed by atoms with E-state index in [9.17, 15) is 13.2 Å². The minimum absolute atomic E-state index is 0.235. The molecule has 0 saturated carbocycles. The lowest BCUT2D eigenvalue weighted by Crippen LogP contribution is -1.97. The molecule has 1 heterocycles. The summed E-state index contributed by atoms with van der Waals surface area (Å²) in [5.41, 5.74) is 6.70. The van der Waals surface area contributed by atoms with E-state index in [0.717, 1.165) is 35.5 Å². The number of aromatic nitrogens is 1.